The largest absolute Gasteiger partial charge is 0.483 e. The van der Waals surface area contributed by atoms with Crippen LogP contribution in [0.4, 0.5) is 0 Å². The average molecular weight is 434 g/mol. The van der Waals surface area contributed by atoms with E-state index in [4.69, 9.17) is 55.5 Å². The van der Waals surface area contributed by atoms with Crippen LogP contribution in [0.25, 0.3) is 0 Å². The fraction of sp³-hybridized carbons (Fsp3) is 0.571. The van der Waals surface area contributed by atoms with Gasteiger partial charge in [-0.3, -0.25) is 19.2 Å². The molecule has 0 bridgehead atoms. The Morgan fingerprint density at radius 2 is 1.10 bits per heavy atom. The molecule has 0 heterocycles. The number of carboxylic acids is 5. The molecule has 0 aromatic heterocycles. The average Bonchev–Trinajstić information content (AvgIpc) is 2.46. The van der Waals surface area contributed by atoms with E-state index in [0.29, 0.717) is 0 Å². The molecular formula is C14H26O15. The summed E-state index contributed by atoms with van der Waals surface area (Å²) in [5, 5.41) is 71.5. The summed E-state index contributed by atoms with van der Waals surface area (Å²) < 4.78 is 0. The molecule has 9 N–H and O–H groups in total. The molecule has 0 amide bonds. The van der Waals surface area contributed by atoms with E-state index in [9.17, 15) is 19.2 Å². The number of aliphatic hydroxyl groups excluding tert-OH is 2. The first-order valence-electron chi connectivity index (χ1n) is 7.17. The van der Waals surface area contributed by atoms with Crippen molar-refractivity contribution < 1.29 is 74.7 Å². The summed E-state index contributed by atoms with van der Waals surface area (Å²) in [5.74, 6) is -7.04. The van der Waals surface area contributed by atoms with Gasteiger partial charge in [-0.25, -0.2) is 9.59 Å². The minimum Gasteiger partial charge on any atom is -0.483 e. The van der Waals surface area contributed by atoms with Crippen molar-refractivity contribution in [2.45, 2.75) is 45.3 Å². The fourth-order valence-electron chi connectivity index (χ4n) is 0.714. The molecule has 1 atom stereocenters. The molecule has 172 valence electrons. The van der Waals surface area contributed by atoms with Gasteiger partial charge in [-0.05, 0) is 13.8 Å². The van der Waals surface area contributed by atoms with E-state index in [1.807, 2.05) is 0 Å². The molecule has 0 aliphatic carbocycles. The van der Waals surface area contributed by atoms with Crippen LogP contribution in [0.3, 0.4) is 0 Å². The summed E-state index contributed by atoms with van der Waals surface area (Å²) in [4.78, 5) is 57.3. The Kier molecular flexibility index (Phi) is 28.7. The molecule has 15 heteroatoms. The van der Waals surface area contributed by atoms with E-state index < -0.39 is 54.4 Å². The molecule has 0 rings (SSSR count). The van der Waals surface area contributed by atoms with Crippen LogP contribution in [0.15, 0.2) is 0 Å². The van der Waals surface area contributed by atoms with Gasteiger partial charge in [-0.1, -0.05) is 0 Å². The lowest BCUT2D eigenvalue weighted by atomic mass is 9.96. The predicted molar refractivity (Wildman–Crippen MR) is 91.2 cm³/mol. The molecule has 0 saturated heterocycles. The summed E-state index contributed by atoms with van der Waals surface area (Å²) in [6.45, 7) is 3.96. The standard InChI is InChI=1S/C6H8O7.C3H6O3.C2H4O2.C2H6O.CH2O2/c7-3(8)1-6(13,5(11)12)2-4(9)10;1-2(4)3(5)6;1-2(3)4;1-2-3;2-1-3/h13H,1-2H2,(H,7,8)(H,9,10)(H,11,12);2,4H,1H3,(H,5,6);1H3,(H,3,4);3H,2H2,1H3;1H,(H,2,3). The second kappa shape index (κ2) is 22.7. The minimum absolute atomic E-state index is 0.250. The molecular weight excluding hydrogens is 408 g/mol. The normalized spacial score (nSPS) is 9.59. The van der Waals surface area contributed by atoms with E-state index in [2.05, 4.69) is 0 Å². The van der Waals surface area contributed by atoms with Gasteiger partial charge in [0.25, 0.3) is 12.4 Å². The molecule has 0 aromatic rings. The number of aliphatic carboxylic acids is 5. The van der Waals surface area contributed by atoms with Crippen LogP contribution in [0.1, 0.15) is 33.6 Å². The third-order valence-corrected chi connectivity index (χ3v) is 1.64. The van der Waals surface area contributed by atoms with Crippen LogP contribution in [-0.4, -0.2) is 101 Å². The monoisotopic (exact) mass is 434 g/mol. The predicted octanol–water partition coefficient (Wildman–Crippen LogP) is -2.01. The summed E-state index contributed by atoms with van der Waals surface area (Å²) in [6, 6.07) is 0. The highest BCUT2D eigenvalue weighted by Gasteiger charge is 2.40. The van der Waals surface area contributed by atoms with E-state index >= 15 is 0 Å². The Bertz CT molecular complexity index is 477. The topological polar surface area (TPSA) is 284 Å². The summed E-state index contributed by atoms with van der Waals surface area (Å²) in [6.07, 6.45) is -3.52. The van der Waals surface area contributed by atoms with Gasteiger partial charge in [-0.2, -0.15) is 0 Å². The number of carbonyl (C=O) groups is 6. The molecule has 15 nitrogen and oxygen atoms in total. The van der Waals surface area contributed by atoms with E-state index in [-0.39, 0.29) is 13.1 Å². The van der Waals surface area contributed by atoms with Crippen LogP contribution < -0.4 is 0 Å². The first-order valence-corrected chi connectivity index (χ1v) is 7.17. The highest BCUT2D eigenvalue weighted by Crippen LogP contribution is 2.15. The Labute approximate surface area is 164 Å². The van der Waals surface area contributed by atoms with Crippen molar-refractivity contribution in [3.63, 3.8) is 0 Å². The highest BCUT2D eigenvalue weighted by molar-refractivity contribution is 5.88. The SMILES string of the molecule is CC(=O)O.CC(O)C(=O)O.CCO.O=C(O)CC(O)(CC(=O)O)C(=O)O.O=CO. The highest BCUT2D eigenvalue weighted by atomic mass is 16.4. The number of aliphatic hydroxyl groups is 3. The zero-order valence-corrected chi connectivity index (χ0v) is 15.8. The summed E-state index contributed by atoms with van der Waals surface area (Å²) >= 11 is 0. The lowest BCUT2D eigenvalue weighted by Gasteiger charge is -2.18. The number of rotatable bonds is 6. The summed E-state index contributed by atoms with van der Waals surface area (Å²) in [5.41, 5.74) is -2.74. The van der Waals surface area contributed by atoms with E-state index in [1.165, 1.54) is 6.92 Å². The molecule has 0 spiro atoms. The number of hydrogen-bond acceptors (Lipinski definition) is 9. The number of hydrogen-bond donors (Lipinski definition) is 9. The zero-order chi connectivity index (χ0) is 24.8. The molecule has 0 aromatic carbocycles. The maximum atomic E-state index is 10.3. The lowest BCUT2D eigenvalue weighted by molar-refractivity contribution is -0.170. The van der Waals surface area contributed by atoms with Gasteiger partial charge in [0.15, 0.2) is 5.60 Å². The Balaban J connectivity index is -0.0000000993. The van der Waals surface area contributed by atoms with Crippen LogP contribution in [0, 0.1) is 0 Å². The van der Waals surface area contributed by atoms with Crippen LogP contribution >= 0.6 is 0 Å². The van der Waals surface area contributed by atoms with E-state index in [1.54, 1.807) is 6.92 Å². The lowest BCUT2D eigenvalue weighted by Crippen LogP contribution is -2.42. The van der Waals surface area contributed by atoms with Gasteiger partial charge in [0.05, 0.1) is 12.8 Å². The van der Waals surface area contributed by atoms with Crippen LogP contribution in [0.2, 0.25) is 0 Å². The van der Waals surface area contributed by atoms with Crippen molar-refractivity contribution in [3.05, 3.63) is 0 Å². The van der Waals surface area contributed by atoms with Gasteiger partial charge in [0, 0.05) is 13.5 Å². The molecule has 0 aliphatic rings. The first kappa shape index (κ1) is 36.6. The molecule has 0 radical (unpaired) electrons. The van der Waals surface area contributed by atoms with Crippen molar-refractivity contribution in [2.75, 3.05) is 6.61 Å². The fourth-order valence-corrected chi connectivity index (χ4v) is 0.714. The molecule has 29 heavy (non-hydrogen) atoms. The van der Waals surface area contributed by atoms with Gasteiger partial charge < -0.3 is 46.0 Å². The Morgan fingerprint density at radius 3 is 1.17 bits per heavy atom. The van der Waals surface area contributed by atoms with Crippen molar-refractivity contribution in [2.24, 2.45) is 0 Å². The maximum absolute atomic E-state index is 10.3. The zero-order valence-electron chi connectivity index (χ0n) is 15.8. The Morgan fingerprint density at radius 1 is 0.931 bits per heavy atom. The quantitative estimate of drug-likeness (QED) is 0.204. The molecule has 1 unspecified atom stereocenters. The summed E-state index contributed by atoms with van der Waals surface area (Å²) in [7, 11) is 0. The second-order valence-corrected chi connectivity index (χ2v) is 4.43. The van der Waals surface area contributed by atoms with Gasteiger partial charge in [0.2, 0.25) is 0 Å². The van der Waals surface area contributed by atoms with Gasteiger partial charge in [-0.15, -0.1) is 0 Å². The second-order valence-electron chi connectivity index (χ2n) is 4.43. The smallest absolute Gasteiger partial charge is 0.336 e. The van der Waals surface area contributed by atoms with Crippen LogP contribution in [-0.2, 0) is 28.8 Å². The Hall–Kier alpha value is -3.30. The molecule has 0 fully saturated rings. The van der Waals surface area contributed by atoms with Gasteiger partial charge in [0.1, 0.15) is 6.10 Å². The van der Waals surface area contributed by atoms with Crippen molar-refractivity contribution in [3.8, 4) is 0 Å². The number of carboxylic acid groups (broad SMARTS) is 6. The first-order chi connectivity index (χ1) is 13.0. The molecule has 0 saturated carbocycles. The minimum atomic E-state index is -2.74. The van der Waals surface area contributed by atoms with Gasteiger partial charge >= 0.3 is 23.9 Å². The van der Waals surface area contributed by atoms with Crippen molar-refractivity contribution >= 4 is 36.3 Å². The maximum Gasteiger partial charge on any atom is 0.336 e. The molecule has 0 aliphatic heterocycles. The van der Waals surface area contributed by atoms with Crippen LogP contribution in [0.5, 0.6) is 0 Å². The van der Waals surface area contributed by atoms with Crippen molar-refractivity contribution in [1.29, 1.82) is 0 Å². The van der Waals surface area contributed by atoms with E-state index in [0.717, 1.165) is 6.92 Å². The third-order valence-electron chi connectivity index (χ3n) is 1.64. The van der Waals surface area contributed by atoms with Crippen molar-refractivity contribution in [1.82, 2.24) is 0 Å². The third kappa shape index (κ3) is 45.6.